The van der Waals surface area contributed by atoms with Crippen LogP contribution in [0.2, 0.25) is 0 Å². The highest BCUT2D eigenvalue weighted by Gasteiger charge is 2.18. The van der Waals surface area contributed by atoms with E-state index in [1.807, 2.05) is 23.3 Å². The second kappa shape index (κ2) is 6.11. The monoisotopic (exact) mass is 378 g/mol. The van der Waals surface area contributed by atoms with Crippen LogP contribution in [0.1, 0.15) is 13.8 Å². The van der Waals surface area contributed by atoms with Gasteiger partial charge in [-0.1, -0.05) is 0 Å². The zero-order valence-corrected chi connectivity index (χ0v) is 14.4. The van der Waals surface area contributed by atoms with Gasteiger partial charge in [0.2, 0.25) is 5.95 Å². The van der Waals surface area contributed by atoms with Crippen molar-refractivity contribution in [2.45, 2.75) is 20.4 Å². The van der Waals surface area contributed by atoms with Gasteiger partial charge in [0, 0.05) is 18.8 Å². The maximum Gasteiger partial charge on any atom is 0.233 e. The Morgan fingerprint density at radius 2 is 1.87 bits per heavy atom. The largest absolute Gasteiger partial charge is 0.382 e. The van der Waals surface area contributed by atoms with Crippen molar-refractivity contribution in [1.82, 2.24) is 19.5 Å². The van der Waals surface area contributed by atoms with Crippen LogP contribution < -0.4 is 10.6 Å². The summed E-state index contributed by atoms with van der Waals surface area (Å²) in [5, 5.41) is 0. The molecule has 1 aromatic carbocycles. The molecule has 0 bridgehead atoms. The Kier molecular flexibility index (Phi) is 4.16. The molecule has 23 heavy (non-hydrogen) atoms. The van der Waals surface area contributed by atoms with E-state index in [9.17, 15) is 4.39 Å². The van der Waals surface area contributed by atoms with Gasteiger partial charge in [-0.25, -0.2) is 9.37 Å². The number of aromatic nitrogens is 4. The summed E-state index contributed by atoms with van der Waals surface area (Å²) in [7, 11) is 0. The third kappa shape index (κ3) is 2.74. The van der Waals surface area contributed by atoms with Gasteiger partial charge in [0.1, 0.15) is 5.82 Å². The van der Waals surface area contributed by atoms with E-state index >= 15 is 0 Å². The van der Waals surface area contributed by atoms with Crippen molar-refractivity contribution in [3.05, 3.63) is 34.8 Å². The normalized spacial score (nSPS) is 11.1. The van der Waals surface area contributed by atoms with Crippen molar-refractivity contribution in [2.75, 3.05) is 17.2 Å². The van der Waals surface area contributed by atoms with Gasteiger partial charge in [-0.3, -0.25) is 0 Å². The molecule has 0 saturated carbocycles. The van der Waals surface area contributed by atoms with Crippen LogP contribution in [-0.2, 0) is 6.54 Å². The molecular weight excluding hydrogens is 363 g/mol. The molecule has 0 aliphatic rings. The summed E-state index contributed by atoms with van der Waals surface area (Å²) in [4.78, 5) is 15.2. The first kappa shape index (κ1) is 15.7. The molecule has 0 aliphatic carbocycles. The maximum absolute atomic E-state index is 13.1. The summed E-state index contributed by atoms with van der Waals surface area (Å²) in [6, 6.07) is 6.20. The predicted octanol–water partition coefficient (Wildman–Crippen LogP) is 3.49. The Hall–Kier alpha value is -2.22. The molecule has 0 spiro atoms. The van der Waals surface area contributed by atoms with Crippen LogP contribution in [-0.4, -0.2) is 26.1 Å². The molecule has 2 N–H and O–H groups in total. The molecule has 3 rings (SSSR count). The highest BCUT2D eigenvalue weighted by molar-refractivity contribution is 9.10. The second-order valence-electron chi connectivity index (χ2n) is 4.93. The van der Waals surface area contributed by atoms with Crippen molar-refractivity contribution < 1.29 is 4.39 Å². The highest BCUT2D eigenvalue weighted by Crippen LogP contribution is 2.28. The fourth-order valence-corrected chi connectivity index (χ4v) is 3.04. The molecule has 0 radical (unpaired) electrons. The number of hydrogen-bond donors (Lipinski definition) is 1. The summed E-state index contributed by atoms with van der Waals surface area (Å²) in [6.07, 6.45) is 0. The number of fused-ring (bicyclic) bond motifs is 1. The quantitative estimate of drug-likeness (QED) is 0.703. The number of imidazole rings is 1. The van der Waals surface area contributed by atoms with Gasteiger partial charge in [-0.05, 0) is 54.0 Å². The van der Waals surface area contributed by atoms with E-state index in [1.54, 1.807) is 12.1 Å². The fraction of sp³-hybridized carbons (Fsp3) is 0.267. The van der Waals surface area contributed by atoms with E-state index in [4.69, 9.17) is 5.73 Å². The van der Waals surface area contributed by atoms with Crippen LogP contribution in [0.4, 0.5) is 21.8 Å². The predicted molar refractivity (Wildman–Crippen MR) is 92.2 cm³/mol. The number of nitrogens with two attached hydrogens (primary N) is 1. The van der Waals surface area contributed by atoms with Crippen molar-refractivity contribution in [1.29, 1.82) is 0 Å². The van der Waals surface area contributed by atoms with E-state index in [0.717, 1.165) is 5.69 Å². The molecule has 3 aromatic rings. The Morgan fingerprint density at radius 1 is 1.17 bits per heavy atom. The van der Waals surface area contributed by atoms with Crippen molar-refractivity contribution in [3.63, 3.8) is 0 Å². The van der Waals surface area contributed by atoms with Gasteiger partial charge in [0.05, 0.1) is 0 Å². The molecule has 2 aromatic heterocycles. The van der Waals surface area contributed by atoms with Crippen LogP contribution >= 0.6 is 15.9 Å². The molecule has 120 valence electrons. The van der Waals surface area contributed by atoms with Crippen molar-refractivity contribution in [2.24, 2.45) is 0 Å². The van der Waals surface area contributed by atoms with Gasteiger partial charge >= 0.3 is 0 Å². The van der Waals surface area contributed by atoms with Crippen LogP contribution in [0, 0.1) is 5.82 Å². The summed E-state index contributed by atoms with van der Waals surface area (Å²) in [5.41, 5.74) is 8.09. The van der Waals surface area contributed by atoms with E-state index in [2.05, 4.69) is 30.9 Å². The molecule has 0 fully saturated rings. The second-order valence-corrected chi connectivity index (χ2v) is 5.64. The molecule has 0 amide bonds. The Bertz CT molecular complexity index is 845. The van der Waals surface area contributed by atoms with Gasteiger partial charge in [-0.15, -0.1) is 0 Å². The molecule has 0 aliphatic heterocycles. The Balaban J connectivity index is 2.15. The first-order chi connectivity index (χ1) is 11.0. The Labute approximate surface area is 141 Å². The van der Waals surface area contributed by atoms with E-state index in [1.165, 1.54) is 12.1 Å². The lowest BCUT2D eigenvalue weighted by Gasteiger charge is -2.21. The first-order valence-electron chi connectivity index (χ1n) is 7.27. The zero-order valence-electron chi connectivity index (χ0n) is 12.8. The molecule has 0 atom stereocenters. The number of benzene rings is 1. The highest BCUT2D eigenvalue weighted by atomic mass is 79.9. The van der Waals surface area contributed by atoms with Crippen LogP contribution in [0.25, 0.3) is 11.2 Å². The van der Waals surface area contributed by atoms with Crippen LogP contribution in [0.3, 0.4) is 0 Å². The van der Waals surface area contributed by atoms with Crippen LogP contribution in [0.15, 0.2) is 29.0 Å². The summed E-state index contributed by atoms with van der Waals surface area (Å²) in [5.74, 6) is 0.498. The molecule has 2 heterocycles. The number of hydrogen-bond acceptors (Lipinski definition) is 5. The minimum atomic E-state index is -0.284. The topological polar surface area (TPSA) is 72.9 Å². The van der Waals surface area contributed by atoms with Gasteiger partial charge in [-0.2, -0.15) is 9.97 Å². The SMILES string of the molecule is CCN(c1ccc(F)cc1)c1nc(N)c2nc(Br)n(CC)c2n1. The molecule has 0 saturated heterocycles. The summed E-state index contributed by atoms with van der Waals surface area (Å²) in [6.45, 7) is 5.30. The number of halogens is 2. The average molecular weight is 379 g/mol. The minimum Gasteiger partial charge on any atom is -0.382 e. The molecule has 6 nitrogen and oxygen atoms in total. The number of nitrogens with zero attached hydrogens (tertiary/aromatic N) is 5. The standard InChI is InChI=1S/C15H16BrFN6/c1-3-22(10-7-5-9(17)6-8-10)15-20-12(18)11-13(21-15)23(4-2)14(16)19-11/h5-8H,3-4H2,1-2H3,(H2,18,20,21). The lowest BCUT2D eigenvalue weighted by molar-refractivity contribution is 0.627. The lowest BCUT2D eigenvalue weighted by atomic mass is 10.3. The zero-order chi connectivity index (χ0) is 16.6. The van der Waals surface area contributed by atoms with Crippen molar-refractivity contribution >= 4 is 44.5 Å². The van der Waals surface area contributed by atoms with Crippen molar-refractivity contribution in [3.8, 4) is 0 Å². The molecular formula is C15H16BrFN6. The summed E-state index contributed by atoms with van der Waals surface area (Å²) >= 11 is 3.41. The summed E-state index contributed by atoms with van der Waals surface area (Å²) < 4.78 is 15.7. The fourth-order valence-electron chi connectivity index (χ4n) is 2.44. The lowest BCUT2D eigenvalue weighted by Crippen LogP contribution is -2.19. The average Bonchev–Trinajstić information content (AvgIpc) is 2.86. The number of nitrogen functional groups attached to an aromatic ring is 1. The minimum absolute atomic E-state index is 0.284. The van der Waals surface area contributed by atoms with Crippen LogP contribution in [0.5, 0.6) is 0 Å². The van der Waals surface area contributed by atoms with Gasteiger partial charge < -0.3 is 15.2 Å². The van der Waals surface area contributed by atoms with E-state index < -0.39 is 0 Å². The van der Waals surface area contributed by atoms with Gasteiger partial charge in [0.15, 0.2) is 21.7 Å². The third-order valence-electron chi connectivity index (χ3n) is 3.58. The molecule has 8 heteroatoms. The smallest absolute Gasteiger partial charge is 0.233 e. The maximum atomic E-state index is 13.1. The Morgan fingerprint density at radius 3 is 2.48 bits per heavy atom. The number of aryl methyl sites for hydroxylation is 1. The van der Waals surface area contributed by atoms with E-state index in [-0.39, 0.29) is 5.82 Å². The first-order valence-corrected chi connectivity index (χ1v) is 8.06. The third-order valence-corrected chi connectivity index (χ3v) is 4.18. The number of anilines is 3. The number of rotatable bonds is 4. The van der Waals surface area contributed by atoms with Gasteiger partial charge in [0.25, 0.3) is 0 Å². The van der Waals surface area contributed by atoms with E-state index in [0.29, 0.717) is 40.8 Å². The molecule has 0 unspecified atom stereocenters.